The van der Waals surface area contributed by atoms with Crippen LogP contribution < -0.4 is 0 Å². The normalized spacial score (nSPS) is 11.4. The van der Waals surface area contributed by atoms with Gasteiger partial charge in [-0.2, -0.15) is 0 Å². The van der Waals surface area contributed by atoms with E-state index >= 15 is 0 Å². The molecule has 0 atom stereocenters. The van der Waals surface area contributed by atoms with Gasteiger partial charge < -0.3 is 9.67 Å². The lowest BCUT2D eigenvalue weighted by Gasteiger charge is -2.20. The second kappa shape index (κ2) is 9.28. The third-order valence-corrected chi connectivity index (χ3v) is 6.97. The molecule has 6 nitrogen and oxygen atoms in total. The second-order valence-electron chi connectivity index (χ2n) is 7.13. The van der Waals surface area contributed by atoms with Crippen molar-refractivity contribution in [3.05, 3.63) is 78.1 Å². The number of hydrogen-bond acceptors (Lipinski definition) is 4. The number of nitrogens with zero attached hydrogens (tertiary/aromatic N) is 2. The Balaban J connectivity index is 1.73. The molecule has 0 radical (unpaired) electrons. The smallest absolute Gasteiger partial charge is 0.266 e. The maximum Gasteiger partial charge on any atom is 0.266 e. The van der Waals surface area contributed by atoms with Crippen LogP contribution in [0.2, 0.25) is 0 Å². The van der Waals surface area contributed by atoms with Crippen molar-refractivity contribution in [3.63, 3.8) is 0 Å². The van der Waals surface area contributed by atoms with E-state index in [-0.39, 0.29) is 11.4 Å². The summed E-state index contributed by atoms with van der Waals surface area (Å²) >= 11 is 0. The molecule has 2 aromatic carbocycles. The maximum absolute atomic E-state index is 12.6. The number of hydrogen-bond donors (Lipinski definition) is 1. The average Bonchev–Trinajstić information content (AvgIpc) is 3.15. The number of rotatable bonds is 8. The Kier molecular flexibility index (Phi) is 6.74. The molecular weight excluding hydrogens is 400 g/mol. The monoisotopic (exact) mass is 426 g/mol. The average molecular weight is 427 g/mol. The first-order valence-electron chi connectivity index (χ1n) is 9.78. The highest BCUT2D eigenvalue weighted by Gasteiger charge is 2.26. The molecule has 0 bridgehead atoms. The Bertz CT molecular complexity index is 1100. The van der Waals surface area contributed by atoms with E-state index in [2.05, 4.69) is 35.9 Å². The van der Waals surface area contributed by atoms with E-state index in [4.69, 9.17) is 5.11 Å². The molecule has 0 aliphatic carbocycles. The summed E-state index contributed by atoms with van der Waals surface area (Å²) in [7, 11) is -3.98. The van der Waals surface area contributed by atoms with Gasteiger partial charge in [0.15, 0.2) is 0 Å². The van der Waals surface area contributed by atoms with Gasteiger partial charge in [-0.15, -0.1) is 0 Å². The van der Waals surface area contributed by atoms with Gasteiger partial charge in [-0.05, 0) is 54.3 Å². The lowest BCUT2D eigenvalue weighted by atomic mass is 10.0. The largest absolute Gasteiger partial charge is 0.394 e. The zero-order chi connectivity index (χ0) is 21.7. The Labute approximate surface area is 177 Å². The molecule has 3 rings (SSSR count). The predicted molar refractivity (Wildman–Crippen MR) is 116 cm³/mol. The molecule has 158 valence electrons. The van der Waals surface area contributed by atoms with Crippen LogP contribution in [0.5, 0.6) is 0 Å². The Morgan fingerprint density at radius 2 is 1.60 bits per heavy atom. The van der Waals surface area contributed by atoms with E-state index in [9.17, 15) is 13.2 Å². The summed E-state index contributed by atoms with van der Waals surface area (Å²) < 4.78 is 28.2. The molecular formula is C23H26N2O4S. The summed E-state index contributed by atoms with van der Waals surface area (Å²) in [5.74, 6) is -0.626. The van der Waals surface area contributed by atoms with Crippen LogP contribution in [0.15, 0.2) is 71.8 Å². The SMILES string of the molecule is CC(=O)N(CCO)S(=O)(=O)c1ccc(-c2ccc(CCn3cccc3C)cc2)cc1. The zero-order valence-electron chi connectivity index (χ0n) is 17.2. The van der Waals surface area contributed by atoms with E-state index in [1.807, 2.05) is 18.2 Å². The van der Waals surface area contributed by atoms with Gasteiger partial charge in [0.1, 0.15) is 0 Å². The molecule has 1 N–H and O–H groups in total. The Morgan fingerprint density at radius 1 is 1.00 bits per heavy atom. The fourth-order valence-corrected chi connectivity index (χ4v) is 4.74. The van der Waals surface area contributed by atoms with E-state index in [0.717, 1.165) is 24.1 Å². The Morgan fingerprint density at radius 3 is 2.10 bits per heavy atom. The first-order valence-corrected chi connectivity index (χ1v) is 11.2. The van der Waals surface area contributed by atoms with Crippen LogP contribution >= 0.6 is 0 Å². The van der Waals surface area contributed by atoms with Crippen molar-refractivity contribution in [2.75, 3.05) is 13.2 Å². The number of aliphatic hydroxyl groups is 1. The summed E-state index contributed by atoms with van der Waals surface area (Å²) in [5.41, 5.74) is 4.34. The minimum absolute atomic E-state index is 0.0219. The third-order valence-electron chi connectivity index (χ3n) is 5.08. The topological polar surface area (TPSA) is 79.6 Å². The van der Waals surface area contributed by atoms with Crippen LogP contribution in [0.25, 0.3) is 11.1 Å². The van der Waals surface area contributed by atoms with E-state index in [1.165, 1.54) is 30.3 Å². The van der Waals surface area contributed by atoms with Gasteiger partial charge in [0.25, 0.3) is 10.0 Å². The summed E-state index contributed by atoms with van der Waals surface area (Å²) in [6.07, 6.45) is 3.01. The highest BCUT2D eigenvalue weighted by atomic mass is 32.2. The third kappa shape index (κ3) is 4.80. The molecule has 3 aromatic rings. The molecule has 0 spiro atoms. The van der Waals surface area contributed by atoms with Gasteiger partial charge in [-0.3, -0.25) is 4.79 Å². The quantitative estimate of drug-likeness (QED) is 0.600. The van der Waals surface area contributed by atoms with Crippen molar-refractivity contribution in [3.8, 4) is 11.1 Å². The van der Waals surface area contributed by atoms with E-state index in [0.29, 0.717) is 4.31 Å². The van der Waals surface area contributed by atoms with E-state index < -0.39 is 22.5 Å². The van der Waals surface area contributed by atoms with Crippen molar-refractivity contribution >= 4 is 15.9 Å². The molecule has 30 heavy (non-hydrogen) atoms. The number of aliphatic hydroxyl groups excluding tert-OH is 1. The molecule has 0 unspecified atom stereocenters. The zero-order valence-corrected chi connectivity index (χ0v) is 18.0. The fraction of sp³-hybridized carbons (Fsp3) is 0.261. The van der Waals surface area contributed by atoms with Gasteiger partial charge in [-0.25, -0.2) is 12.7 Å². The number of amides is 1. The second-order valence-corrected chi connectivity index (χ2v) is 9.00. The van der Waals surface area contributed by atoms with Crippen molar-refractivity contribution < 1.29 is 18.3 Å². The molecule has 1 aromatic heterocycles. The number of aryl methyl sites for hydroxylation is 3. The summed E-state index contributed by atoms with van der Waals surface area (Å²) in [4.78, 5) is 11.7. The minimum Gasteiger partial charge on any atom is -0.394 e. The van der Waals surface area contributed by atoms with Crippen LogP contribution in [-0.2, 0) is 27.8 Å². The first kappa shape index (κ1) is 21.8. The number of carbonyl (C=O) groups is 1. The number of aromatic nitrogens is 1. The summed E-state index contributed by atoms with van der Waals surface area (Å²) in [5, 5.41) is 9.06. The molecule has 1 heterocycles. The number of sulfonamides is 1. The predicted octanol–water partition coefficient (Wildman–Crippen LogP) is 3.24. The molecule has 7 heteroatoms. The lowest BCUT2D eigenvalue weighted by Crippen LogP contribution is -2.37. The number of carbonyl (C=O) groups excluding carboxylic acids is 1. The maximum atomic E-state index is 12.6. The van der Waals surface area contributed by atoms with E-state index in [1.54, 1.807) is 12.1 Å². The highest BCUT2D eigenvalue weighted by molar-refractivity contribution is 7.89. The molecule has 0 aliphatic rings. The summed E-state index contributed by atoms with van der Waals surface area (Å²) in [6, 6.07) is 18.8. The van der Waals surface area contributed by atoms with Crippen LogP contribution in [0, 0.1) is 6.92 Å². The molecule has 0 aliphatic heterocycles. The molecule has 0 fully saturated rings. The van der Waals surface area contributed by atoms with Crippen molar-refractivity contribution in [2.45, 2.75) is 31.7 Å². The fourth-order valence-electron chi connectivity index (χ4n) is 3.35. The summed E-state index contributed by atoms with van der Waals surface area (Å²) in [6.45, 7) is 3.49. The van der Waals surface area contributed by atoms with Crippen LogP contribution in [-0.4, -0.2) is 41.5 Å². The standard InChI is InChI=1S/C23H26N2O4S/c1-18-4-3-14-24(18)15-13-20-5-7-21(8-6-20)22-9-11-23(12-10-22)30(28,29)25(16-17-26)19(2)27/h3-12,14,26H,13,15-17H2,1-2H3. The Hall–Kier alpha value is -2.90. The molecule has 0 saturated heterocycles. The van der Waals surface area contributed by atoms with Gasteiger partial charge in [0.05, 0.1) is 18.0 Å². The van der Waals surface area contributed by atoms with Crippen LogP contribution in [0.1, 0.15) is 18.2 Å². The van der Waals surface area contributed by atoms with Gasteiger partial charge in [0.2, 0.25) is 5.91 Å². The van der Waals surface area contributed by atoms with Gasteiger partial charge in [0, 0.05) is 25.4 Å². The van der Waals surface area contributed by atoms with Crippen molar-refractivity contribution in [2.24, 2.45) is 0 Å². The van der Waals surface area contributed by atoms with Crippen molar-refractivity contribution in [1.82, 2.24) is 8.87 Å². The van der Waals surface area contributed by atoms with Crippen LogP contribution in [0.3, 0.4) is 0 Å². The van der Waals surface area contributed by atoms with Gasteiger partial charge >= 0.3 is 0 Å². The van der Waals surface area contributed by atoms with Gasteiger partial charge in [-0.1, -0.05) is 36.4 Å². The first-order chi connectivity index (χ1) is 14.3. The molecule has 0 saturated carbocycles. The van der Waals surface area contributed by atoms with Crippen LogP contribution in [0.4, 0.5) is 0 Å². The molecule has 1 amide bonds. The minimum atomic E-state index is -3.98. The lowest BCUT2D eigenvalue weighted by molar-refractivity contribution is -0.124. The van der Waals surface area contributed by atoms with Crippen molar-refractivity contribution in [1.29, 1.82) is 0 Å². The number of benzene rings is 2. The highest BCUT2D eigenvalue weighted by Crippen LogP contribution is 2.24.